The van der Waals surface area contributed by atoms with Gasteiger partial charge >= 0.3 is 6.18 Å². The van der Waals surface area contributed by atoms with Crippen molar-refractivity contribution < 1.29 is 18.3 Å². The molecule has 8 heteroatoms. The minimum absolute atomic E-state index is 0.0435. The molecule has 0 saturated heterocycles. The van der Waals surface area contributed by atoms with Gasteiger partial charge in [0.2, 0.25) is 0 Å². The Balaban J connectivity index is 2.67. The number of aliphatic imine (C=N–C) groups is 1. The Morgan fingerprint density at radius 1 is 1.39 bits per heavy atom. The van der Waals surface area contributed by atoms with Crippen molar-refractivity contribution >= 4 is 34.9 Å². The predicted octanol–water partition coefficient (Wildman–Crippen LogP) is 2.48. The molecule has 0 amide bonds. The van der Waals surface area contributed by atoms with E-state index in [0.29, 0.717) is 0 Å². The zero-order valence-corrected chi connectivity index (χ0v) is 10.2. The van der Waals surface area contributed by atoms with Crippen molar-refractivity contribution in [3.05, 3.63) is 28.8 Å². The second kappa shape index (κ2) is 4.20. The number of amidine groups is 1. The van der Waals surface area contributed by atoms with Crippen LogP contribution in [-0.2, 0) is 4.87 Å². The first-order valence-corrected chi connectivity index (χ1v) is 5.54. The zero-order valence-electron chi connectivity index (χ0n) is 8.68. The van der Waals surface area contributed by atoms with Gasteiger partial charge in [-0.25, -0.2) is 0 Å². The van der Waals surface area contributed by atoms with Gasteiger partial charge < -0.3 is 10.4 Å². The summed E-state index contributed by atoms with van der Waals surface area (Å²) in [4.78, 5) is 0.485. The van der Waals surface area contributed by atoms with Crippen molar-refractivity contribution in [2.24, 2.45) is 4.99 Å². The first kappa shape index (κ1) is 13.3. The molecule has 2 rings (SSSR count). The molecule has 1 unspecified atom stereocenters. The Kier molecular flexibility index (Phi) is 3.11. The number of alkyl halides is 4. The van der Waals surface area contributed by atoms with Crippen LogP contribution in [0, 0.1) is 0 Å². The summed E-state index contributed by atoms with van der Waals surface area (Å²) in [5, 5.41) is 13.5. The molecule has 0 radical (unpaired) electrons. The molecule has 1 N–H and O–H groups in total. The van der Waals surface area contributed by atoms with Gasteiger partial charge in [-0.05, 0) is 18.2 Å². The molecule has 1 heterocycles. The van der Waals surface area contributed by atoms with E-state index in [2.05, 4.69) is 10.3 Å². The van der Waals surface area contributed by atoms with Crippen molar-refractivity contribution in [3.8, 4) is 0 Å². The number of hydrogen-bond acceptors (Lipinski definition) is 3. The lowest BCUT2D eigenvalue weighted by atomic mass is 9.96. The first-order valence-electron chi connectivity index (χ1n) is 4.78. The maximum atomic E-state index is 13.1. The predicted molar refractivity (Wildman–Crippen MR) is 61.0 cm³/mol. The molecule has 1 aromatic rings. The molecule has 1 aromatic carbocycles. The fourth-order valence-electron chi connectivity index (χ4n) is 1.62. The number of anilines is 1. The molecule has 0 saturated carbocycles. The topological polar surface area (TPSA) is 47.5 Å². The Labute approximate surface area is 110 Å². The van der Waals surface area contributed by atoms with E-state index in [1.54, 1.807) is 0 Å². The lowest BCUT2D eigenvalue weighted by Crippen LogP contribution is -2.39. The third-order valence-electron chi connectivity index (χ3n) is 2.54. The summed E-state index contributed by atoms with van der Waals surface area (Å²) >= 11 is 11.3. The van der Waals surface area contributed by atoms with Crippen LogP contribution in [0.1, 0.15) is 5.56 Å². The molecule has 1 aliphatic heterocycles. The highest BCUT2D eigenvalue weighted by Crippen LogP contribution is 2.48. The number of benzene rings is 1. The quantitative estimate of drug-likeness (QED) is 0.748. The van der Waals surface area contributed by atoms with E-state index < -0.39 is 23.6 Å². The molecule has 0 spiro atoms. The van der Waals surface area contributed by atoms with E-state index in [9.17, 15) is 18.3 Å². The minimum Gasteiger partial charge on any atom is -0.846 e. The summed E-state index contributed by atoms with van der Waals surface area (Å²) in [6.45, 7) is -0.892. The van der Waals surface area contributed by atoms with Gasteiger partial charge in [-0.2, -0.15) is 13.2 Å². The average molecular weight is 298 g/mol. The van der Waals surface area contributed by atoms with Gasteiger partial charge in [0, 0.05) is 16.3 Å². The molecular formula is C10H6Cl2F3N2O-. The number of fused-ring (bicyclic) bond motifs is 1. The van der Waals surface area contributed by atoms with Crippen molar-refractivity contribution in [3.63, 3.8) is 0 Å². The van der Waals surface area contributed by atoms with Crippen molar-refractivity contribution in [2.75, 3.05) is 11.9 Å². The highest BCUT2D eigenvalue weighted by molar-refractivity contribution is 6.31. The van der Waals surface area contributed by atoms with Crippen LogP contribution in [-0.4, -0.2) is 18.7 Å². The van der Waals surface area contributed by atoms with Crippen LogP contribution in [0.25, 0.3) is 0 Å². The highest BCUT2D eigenvalue weighted by atomic mass is 35.5. The molecule has 1 aliphatic rings. The van der Waals surface area contributed by atoms with Crippen LogP contribution in [0.15, 0.2) is 23.2 Å². The summed E-state index contributed by atoms with van der Waals surface area (Å²) < 4.78 is 39.2. The maximum Gasteiger partial charge on any atom is 0.413 e. The second-order valence-corrected chi connectivity index (χ2v) is 4.82. The second-order valence-electron chi connectivity index (χ2n) is 3.74. The molecule has 0 aliphatic carbocycles. The van der Waals surface area contributed by atoms with Gasteiger partial charge in [-0.3, -0.25) is 4.99 Å². The first-order chi connectivity index (χ1) is 8.24. The van der Waals surface area contributed by atoms with Crippen LogP contribution in [0.3, 0.4) is 0 Å². The van der Waals surface area contributed by atoms with E-state index in [1.165, 1.54) is 12.1 Å². The van der Waals surface area contributed by atoms with Gasteiger partial charge in [-0.1, -0.05) is 11.6 Å². The van der Waals surface area contributed by atoms with Crippen LogP contribution in [0.5, 0.6) is 0 Å². The Morgan fingerprint density at radius 2 is 2.06 bits per heavy atom. The fourth-order valence-corrected chi connectivity index (χ4v) is 2.00. The van der Waals surface area contributed by atoms with E-state index in [1.807, 2.05) is 0 Å². The smallest absolute Gasteiger partial charge is 0.413 e. The van der Waals surface area contributed by atoms with E-state index in [0.717, 1.165) is 6.07 Å². The number of nitrogens with one attached hydrogen (secondary N) is 1. The average Bonchev–Trinajstić information content (AvgIpc) is 2.38. The van der Waals surface area contributed by atoms with Crippen LogP contribution >= 0.6 is 23.2 Å². The van der Waals surface area contributed by atoms with Crippen molar-refractivity contribution in [1.82, 2.24) is 0 Å². The summed E-state index contributed by atoms with van der Waals surface area (Å²) in [6.07, 6.45) is -4.76. The molecule has 18 heavy (non-hydrogen) atoms. The van der Waals surface area contributed by atoms with Gasteiger partial charge in [0.15, 0.2) is 4.87 Å². The lowest BCUT2D eigenvalue weighted by molar-refractivity contribution is -0.215. The third-order valence-corrected chi connectivity index (χ3v) is 3.31. The van der Waals surface area contributed by atoms with Gasteiger partial charge in [0.1, 0.15) is 0 Å². The summed E-state index contributed by atoms with van der Waals surface area (Å²) in [6, 6.07) is 2.84. The number of halogens is 5. The zero-order chi connectivity index (χ0) is 13.6. The van der Waals surface area contributed by atoms with Crippen LogP contribution < -0.4 is 10.4 Å². The molecular weight excluding hydrogens is 292 g/mol. The van der Waals surface area contributed by atoms with E-state index in [4.69, 9.17) is 23.2 Å². The molecule has 0 bridgehead atoms. The monoisotopic (exact) mass is 297 g/mol. The Morgan fingerprint density at radius 3 is 2.67 bits per heavy atom. The molecule has 3 nitrogen and oxygen atoms in total. The summed E-state index contributed by atoms with van der Waals surface area (Å²) in [5.41, 5.74) is -0.350. The lowest BCUT2D eigenvalue weighted by Gasteiger charge is -2.28. The van der Waals surface area contributed by atoms with Crippen LogP contribution in [0.2, 0.25) is 5.02 Å². The summed E-state index contributed by atoms with van der Waals surface area (Å²) in [7, 11) is 0. The molecule has 1 atom stereocenters. The molecule has 0 fully saturated rings. The highest BCUT2D eigenvalue weighted by Gasteiger charge is 2.56. The van der Waals surface area contributed by atoms with E-state index in [-0.39, 0.29) is 16.3 Å². The number of hydrogen-bond donors (Lipinski definition) is 1. The van der Waals surface area contributed by atoms with Gasteiger partial charge in [0.25, 0.3) is 0 Å². The molecule has 0 aromatic heterocycles. The standard InChI is InChI=1S/C10H7Cl2F3N2O/c11-5-1-2-7-6(3-5)9(12,10(13,14)15)4-16-8(18)17-7/h1-3H,4H2,(H2,16,17,18)/p-1. The number of rotatable bonds is 0. The van der Waals surface area contributed by atoms with Crippen LogP contribution in [0.4, 0.5) is 18.9 Å². The Bertz CT molecular complexity index is 518. The number of nitrogens with zero attached hydrogens (tertiary/aromatic N) is 1. The van der Waals surface area contributed by atoms with Gasteiger partial charge in [0.05, 0.1) is 12.6 Å². The fraction of sp³-hybridized carbons (Fsp3) is 0.300. The SMILES string of the molecule is [O-]C1=NCC(Cl)(C(F)(F)F)c2cc(Cl)ccc2N1. The van der Waals surface area contributed by atoms with Gasteiger partial charge in [-0.15, -0.1) is 11.6 Å². The molecule has 98 valence electrons. The third kappa shape index (κ3) is 2.10. The van der Waals surface area contributed by atoms with E-state index >= 15 is 0 Å². The van der Waals surface area contributed by atoms with Crippen molar-refractivity contribution in [2.45, 2.75) is 11.1 Å². The van der Waals surface area contributed by atoms with Crippen molar-refractivity contribution in [1.29, 1.82) is 0 Å². The summed E-state index contributed by atoms with van der Waals surface area (Å²) in [5.74, 6) is 0. The largest absolute Gasteiger partial charge is 0.846 e. The Hall–Kier alpha value is -1.14. The maximum absolute atomic E-state index is 13.1. The minimum atomic E-state index is -4.76. The normalized spacial score (nSPS) is 23.7.